The van der Waals surface area contributed by atoms with Crippen LogP contribution in [0.5, 0.6) is 0 Å². The summed E-state index contributed by atoms with van der Waals surface area (Å²) >= 11 is 3.06. The second kappa shape index (κ2) is 9.57. The Bertz CT molecular complexity index is 1370. The van der Waals surface area contributed by atoms with Crippen LogP contribution in [0.3, 0.4) is 0 Å². The highest BCUT2D eigenvalue weighted by molar-refractivity contribution is 7.29. The Morgan fingerprint density at radius 2 is 1.66 bits per heavy atom. The van der Waals surface area contributed by atoms with Crippen LogP contribution < -0.4 is 5.73 Å². The molecule has 5 heteroatoms. The van der Waals surface area contributed by atoms with Gasteiger partial charge in [-0.2, -0.15) is 0 Å². The summed E-state index contributed by atoms with van der Waals surface area (Å²) in [6, 6.07) is 12.6. The number of fused-ring (bicyclic) bond motifs is 1. The van der Waals surface area contributed by atoms with E-state index in [4.69, 9.17) is 5.73 Å². The fraction of sp³-hybridized carbons (Fsp3) is 0.185. The van der Waals surface area contributed by atoms with Gasteiger partial charge < -0.3 is 5.73 Å². The molecule has 4 rings (SSSR count). The molecule has 0 bridgehead atoms. The van der Waals surface area contributed by atoms with Crippen LogP contribution in [0.15, 0.2) is 42.5 Å². The molecule has 0 saturated carbocycles. The highest BCUT2D eigenvalue weighted by Gasteiger charge is 2.12. The number of hydrogen-bond donors (Lipinski definition) is 1. The number of thiophene rings is 2. The fourth-order valence-electron chi connectivity index (χ4n) is 3.21. The molecule has 0 unspecified atom stereocenters. The zero-order chi connectivity index (χ0) is 22.7. The van der Waals surface area contributed by atoms with Gasteiger partial charge in [0.15, 0.2) is 0 Å². The summed E-state index contributed by atoms with van der Waals surface area (Å²) in [7, 11) is 0. The van der Waals surface area contributed by atoms with E-state index in [0.717, 1.165) is 55.1 Å². The number of nitrogen functional groups attached to an aromatic ring is 1. The van der Waals surface area contributed by atoms with Gasteiger partial charge in [-0.25, -0.2) is 8.78 Å². The predicted octanol–water partition coefficient (Wildman–Crippen LogP) is 7.74. The van der Waals surface area contributed by atoms with Crippen LogP contribution in [0, 0.1) is 42.2 Å². The van der Waals surface area contributed by atoms with Gasteiger partial charge in [-0.3, -0.25) is 0 Å². The smallest absolute Gasteiger partial charge is 0.149 e. The van der Waals surface area contributed by atoms with Crippen molar-refractivity contribution in [3.05, 3.63) is 75.7 Å². The summed E-state index contributed by atoms with van der Waals surface area (Å²) in [5.74, 6) is 11.4. The number of aryl methyl sites for hydroxylation is 1. The van der Waals surface area contributed by atoms with E-state index in [1.165, 1.54) is 23.5 Å². The Morgan fingerprint density at radius 3 is 2.34 bits per heavy atom. The Kier molecular flexibility index (Phi) is 6.61. The molecular weight excluding hydrogens is 440 g/mol. The molecule has 0 atom stereocenters. The van der Waals surface area contributed by atoms with Crippen LogP contribution in [0.2, 0.25) is 0 Å². The summed E-state index contributed by atoms with van der Waals surface area (Å²) in [6.45, 7) is 4.21. The van der Waals surface area contributed by atoms with E-state index in [-0.39, 0.29) is 0 Å². The standard InChI is InChI=1S/C27H21F2NS2/c1-3-4-5-6-7-18-8-9-19(17(2)12-18)10-11-21-15-25-26(31-21)16-24(32-25)20-13-22(28)27(30)23(29)14-20/h8-9,12-16H,3-5,30H2,1-2H3. The molecule has 4 aromatic rings. The monoisotopic (exact) mass is 461 g/mol. The molecule has 0 fully saturated rings. The Hall–Kier alpha value is -3.12. The largest absolute Gasteiger partial charge is 0.394 e. The molecule has 0 aliphatic heterocycles. The van der Waals surface area contributed by atoms with Crippen molar-refractivity contribution < 1.29 is 8.78 Å². The Balaban J connectivity index is 1.54. The average molecular weight is 462 g/mol. The van der Waals surface area contributed by atoms with Crippen LogP contribution in [0.25, 0.3) is 19.8 Å². The van der Waals surface area contributed by atoms with E-state index in [9.17, 15) is 8.78 Å². The van der Waals surface area contributed by atoms with Gasteiger partial charge in [-0.15, -0.1) is 22.7 Å². The van der Waals surface area contributed by atoms with Gasteiger partial charge in [0.05, 0.1) is 4.88 Å². The number of hydrogen-bond acceptors (Lipinski definition) is 3. The molecule has 160 valence electrons. The SMILES string of the molecule is CCCCC#Cc1ccc(C#Cc2cc3sc(-c4cc(F)c(N)c(F)c4)cc3s2)c(C)c1. The Labute approximate surface area is 194 Å². The first-order valence-electron chi connectivity index (χ1n) is 10.3. The van der Waals surface area contributed by atoms with Gasteiger partial charge in [-0.1, -0.05) is 37.0 Å². The van der Waals surface area contributed by atoms with Gasteiger partial charge in [0.25, 0.3) is 0 Å². The molecule has 0 aliphatic rings. The fourth-order valence-corrected chi connectivity index (χ4v) is 5.44. The molecule has 2 aromatic carbocycles. The van der Waals surface area contributed by atoms with Gasteiger partial charge >= 0.3 is 0 Å². The molecule has 2 N–H and O–H groups in total. The maximum absolute atomic E-state index is 13.8. The highest BCUT2D eigenvalue weighted by Crippen LogP contribution is 2.39. The minimum absolute atomic E-state index is 0.448. The van der Waals surface area contributed by atoms with Crippen LogP contribution >= 0.6 is 22.7 Å². The van der Waals surface area contributed by atoms with Crippen LogP contribution in [-0.2, 0) is 0 Å². The average Bonchev–Trinajstić information content (AvgIpc) is 3.33. The van der Waals surface area contributed by atoms with Crippen molar-refractivity contribution in [2.75, 3.05) is 5.73 Å². The zero-order valence-corrected chi connectivity index (χ0v) is 19.4. The molecule has 0 radical (unpaired) electrons. The molecule has 0 spiro atoms. The second-order valence-corrected chi connectivity index (χ2v) is 9.66. The lowest BCUT2D eigenvalue weighted by molar-refractivity contribution is 0.592. The second-order valence-electron chi connectivity index (χ2n) is 7.49. The van der Waals surface area contributed by atoms with E-state index < -0.39 is 17.3 Å². The van der Waals surface area contributed by atoms with Gasteiger partial charge in [0.2, 0.25) is 0 Å². The van der Waals surface area contributed by atoms with Gasteiger partial charge in [-0.05, 0) is 66.9 Å². The third-order valence-electron chi connectivity index (χ3n) is 5.01. The van der Waals surface area contributed by atoms with Crippen LogP contribution in [0.1, 0.15) is 47.8 Å². The lowest BCUT2D eigenvalue weighted by Gasteiger charge is -2.02. The zero-order valence-electron chi connectivity index (χ0n) is 17.8. The summed E-state index contributed by atoms with van der Waals surface area (Å²) < 4.78 is 29.7. The maximum Gasteiger partial charge on any atom is 0.149 e. The number of anilines is 1. The lowest BCUT2D eigenvalue weighted by Crippen LogP contribution is -1.95. The van der Waals surface area contributed by atoms with Crippen molar-refractivity contribution in [3.8, 4) is 34.1 Å². The van der Waals surface area contributed by atoms with E-state index in [2.05, 4.69) is 36.7 Å². The van der Waals surface area contributed by atoms with Gasteiger partial charge in [0.1, 0.15) is 17.3 Å². The summed E-state index contributed by atoms with van der Waals surface area (Å²) in [5.41, 5.74) is 8.51. The molecule has 1 nitrogen and oxygen atoms in total. The van der Waals surface area contributed by atoms with E-state index in [1.807, 2.05) is 31.2 Å². The highest BCUT2D eigenvalue weighted by atomic mass is 32.1. The molecule has 32 heavy (non-hydrogen) atoms. The first-order valence-corrected chi connectivity index (χ1v) is 12.0. The summed E-state index contributed by atoms with van der Waals surface area (Å²) in [6.07, 6.45) is 3.21. The molecular formula is C27H21F2NS2. The minimum atomic E-state index is -0.739. The molecule has 2 heterocycles. The minimum Gasteiger partial charge on any atom is -0.394 e. The molecule has 0 saturated heterocycles. The normalized spacial score (nSPS) is 10.5. The van der Waals surface area contributed by atoms with E-state index in [0.29, 0.717) is 5.56 Å². The number of rotatable bonds is 3. The van der Waals surface area contributed by atoms with Crippen molar-refractivity contribution in [2.24, 2.45) is 0 Å². The molecule has 0 amide bonds. The third-order valence-corrected chi connectivity index (χ3v) is 7.26. The summed E-state index contributed by atoms with van der Waals surface area (Å²) in [4.78, 5) is 1.75. The predicted molar refractivity (Wildman–Crippen MR) is 133 cm³/mol. The van der Waals surface area contributed by atoms with Crippen molar-refractivity contribution >= 4 is 37.8 Å². The van der Waals surface area contributed by atoms with E-state index >= 15 is 0 Å². The number of benzene rings is 2. The number of nitrogens with two attached hydrogens (primary N) is 1. The lowest BCUT2D eigenvalue weighted by atomic mass is 10.1. The van der Waals surface area contributed by atoms with Crippen molar-refractivity contribution in [2.45, 2.75) is 33.1 Å². The number of unbranched alkanes of at least 4 members (excludes halogenated alkanes) is 2. The van der Waals surface area contributed by atoms with Crippen molar-refractivity contribution in [3.63, 3.8) is 0 Å². The number of halogens is 2. The van der Waals surface area contributed by atoms with Crippen LogP contribution in [0.4, 0.5) is 14.5 Å². The first-order chi connectivity index (χ1) is 15.4. The summed E-state index contributed by atoms with van der Waals surface area (Å²) in [5, 5.41) is 0. The first kappa shape index (κ1) is 22.1. The van der Waals surface area contributed by atoms with E-state index in [1.54, 1.807) is 11.3 Å². The maximum atomic E-state index is 13.8. The molecule has 2 aromatic heterocycles. The third kappa shape index (κ3) is 4.86. The molecule has 0 aliphatic carbocycles. The quantitative estimate of drug-likeness (QED) is 0.188. The van der Waals surface area contributed by atoms with Gasteiger partial charge in [0, 0.05) is 31.8 Å². The van der Waals surface area contributed by atoms with Crippen LogP contribution in [-0.4, -0.2) is 0 Å². The Morgan fingerprint density at radius 1 is 0.906 bits per heavy atom. The van der Waals surface area contributed by atoms with Crippen molar-refractivity contribution in [1.82, 2.24) is 0 Å². The van der Waals surface area contributed by atoms with Crippen molar-refractivity contribution in [1.29, 1.82) is 0 Å². The topological polar surface area (TPSA) is 26.0 Å².